The third-order valence-corrected chi connectivity index (χ3v) is 8.40. The van der Waals surface area contributed by atoms with E-state index in [4.69, 9.17) is 4.74 Å². The quantitative estimate of drug-likeness (QED) is 0.188. The van der Waals surface area contributed by atoms with Gasteiger partial charge in [-0.3, -0.25) is 0 Å². The molecule has 8 heteroatoms. The Morgan fingerprint density at radius 1 is 1.41 bits per heavy atom. The van der Waals surface area contributed by atoms with Crippen molar-refractivity contribution in [2.45, 2.75) is 23.3 Å². The van der Waals surface area contributed by atoms with Crippen molar-refractivity contribution in [3.63, 3.8) is 0 Å². The summed E-state index contributed by atoms with van der Waals surface area (Å²) in [6.45, 7) is 3.42. The summed E-state index contributed by atoms with van der Waals surface area (Å²) in [5, 5.41) is 14.3. The number of aliphatic hydroxyl groups excluding tert-OH is 1. The van der Waals surface area contributed by atoms with Gasteiger partial charge in [0.2, 0.25) is 0 Å². The van der Waals surface area contributed by atoms with Gasteiger partial charge in [0.1, 0.15) is 0 Å². The Kier molecular flexibility index (Phi) is 6.90. The first kappa shape index (κ1) is 22.8. The molecule has 0 bridgehead atoms. The summed E-state index contributed by atoms with van der Waals surface area (Å²) in [6, 6.07) is 7.05. The van der Waals surface area contributed by atoms with Crippen LogP contribution in [0.15, 0.2) is 58.9 Å². The van der Waals surface area contributed by atoms with Gasteiger partial charge < -0.3 is 5.32 Å². The number of amides is 2. The van der Waals surface area contributed by atoms with E-state index in [2.05, 4.69) is 17.5 Å². The summed E-state index contributed by atoms with van der Waals surface area (Å²) in [4.78, 5) is 29.9. The monoisotopic (exact) mass is 550 g/mol. The number of halogens is 1. The molecule has 2 aliphatic heterocycles. The van der Waals surface area contributed by atoms with Gasteiger partial charge in [-0.2, -0.15) is 0 Å². The number of nitrogens with one attached hydrogen (secondary N) is 1. The summed E-state index contributed by atoms with van der Waals surface area (Å²) in [6.07, 6.45) is 4.81. The van der Waals surface area contributed by atoms with E-state index in [-0.39, 0.29) is 38.6 Å². The van der Waals surface area contributed by atoms with Crippen LogP contribution in [0.2, 0.25) is 0 Å². The van der Waals surface area contributed by atoms with Gasteiger partial charge in [0, 0.05) is 6.54 Å². The van der Waals surface area contributed by atoms with Crippen LogP contribution in [0.25, 0.3) is 0 Å². The molecule has 2 unspecified atom stereocenters. The first-order chi connectivity index (χ1) is 15.5. The minimum atomic E-state index is -0.487. The van der Waals surface area contributed by atoms with Gasteiger partial charge in [-0.1, -0.05) is 0 Å². The number of hydrogen-bond donors (Lipinski definition) is 2. The average Bonchev–Trinajstić information content (AvgIpc) is 3.64. The standard InChI is InChI=1S/C24H29IN3O4/c1-4-28(15-7-5-8-16(13-15)32-12-11-26-2)24(31)21-22(29)20-17(18-14-25-18)9-6-10-19(20)27(3)23(21)30/h5-9,13,18-19,26,29H,4,10-12,14H2,1-3H3/q-1. The molecule has 2 atom stereocenters. The number of carbonyl (C=O) groups excluding carboxylic acids is 2. The van der Waals surface area contributed by atoms with Crippen LogP contribution in [0.1, 0.15) is 13.3 Å². The van der Waals surface area contributed by atoms with Crippen molar-refractivity contribution in [1.82, 2.24) is 10.2 Å². The molecule has 1 saturated heterocycles. The Balaban J connectivity index is 1.70. The van der Waals surface area contributed by atoms with Crippen molar-refractivity contribution in [3.05, 3.63) is 58.9 Å². The molecule has 0 radical (unpaired) electrons. The average molecular weight is 550 g/mol. The predicted molar refractivity (Wildman–Crippen MR) is 120 cm³/mol. The molecule has 7 nitrogen and oxygen atoms in total. The Bertz CT molecular complexity index is 1010. The van der Waals surface area contributed by atoms with Crippen LogP contribution >= 0.6 is 0 Å². The van der Waals surface area contributed by atoms with Crippen LogP contribution in [0, 0.1) is 0 Å². The van der Waals surface area contributed by atoms with Gasteiger partial charge >= 0.3 is 181 Å². The number of fused-ring (bicyclic) bond motifs is 1. The number of anilines is 1. The second-order valence-corrected chi connectivity index (χ2v) is 11.2. The predicted octanol–water partition coefficient (Wildman–Crippen LogP) is -0.982. The summed E-state index contributed by atoms with van der Waals surface area (Å²) in [5.41, 5.74) is 2.36. The summed E-state index contributed by atoms with van der Waals surface area (Å²) in [5.74, 6) is -0.409. The van der Waals surface area contributed by atoms with Crippen LogP contribution in [-0.4, -0.2) is 70.0 Å². The van der Waals surface area contributed by atoms with Gasteiger partial charge in [-0.25, -0.2) is 0 Å². The number of likely N-dealkylation sites (N-methyl/N-ethyl adjacent to an activating group) is 3. The van der Waals surface area contributed by atoms with E-state index in [1.54, 1.807) is 18.0 Å². The maximum atomic E-state index is 13.6. The third kappa shape index (κ3) is 4.30. The fourth-order valence-electron chi connectivity index (χ4n) is 4.19. The molecule has 0 saturated carbocycles. The summed E-state index contributed by atoms with van der Waals surface area (Å²) < 4.78 is 7.43. The van der Waals surface area contributed by atoms with Crippen molar-refractivity contribution >= 4 is 17.5 Å². The van der Waals surface area contributed by atoms with E-state index >= 15 is 0 Å². The Morgan fingerprint density at radius 3 is 2.88 bits per heavy atom. The van der Waals surface area contributed by atoms with Gasteiger partial charge in [-0.15, -0.1) is 0 Å². The summed E-state index contributed by atoms with van der Waals surface area (Å²) in [7, 11) is 3.58. The molecule has 2 heterocycles. The number of benzene rings is 1. The van der Waals surface area contributed by atoms with E-state index in [9.17, 15) is 14.7 Å². The summed E-state index contributed by atoms with van der Waals surface area (Å²) >= 11 is 0.116. The zero-order valence-electron chi connectivity index (χ0n) is 18.6. The third-order valence-electron chi connectivity index (χ3n) is 5.97. The van der Waals surface area contributed by atoms with Crippen LogP contribution < -0.4 is 36.2 Å². The van der Waals surface area contributed by atoms with Crippen molar-refractivity contribution in [2.24, 2.45) is 0 Å². The number of nitrogens with zero attached hydrogens (tertiary/aromatic N) is 2. The topological polar surface area (TPSA) is 82.1 Å². The molecule has 0 aromatic heterocycles. The Hall–Kier alpha value is -2.33. The number of aliphatic hydroxyl groups is 1. The number of rotatable bonds is 8. The van der Waals surface area contributed by atoms with Gasteiger partial charge in [0.25, 0.3) is 0 Å². The van der Waals surface area contributed by atoms with Gasteiger partial charge in [0.05, 0.1) is 0 Å². The SMILES string of the molecule is CCN(C(=O)C1=C(O)C2=C(C3C[I-]3)C=CCC2N(C)C1=O)c1cccc(OCCNC)c1. The molecule has 2 amide bonds. The van der Waals surface area contributed by atoms with Crippen LogP contribution in [0.3, 0.4) is 0 Å². The van der Waals surface area contributed by atoms with E-state index in [0.717, 1.165) is 11.1 Å². The molecule has 32 heavy (non-hydrogen) atoms. The van der Waals surface area contributed by atoms with Gasteiger partial charge in [-0.05, 0) is 7.05 Å². The number of carbonyl (C=O) groups is 2. The first-order valence-corrected chi connectivity index (χ1v) is 13.6. The maximum absolute atomic E-state index is 13.6. The molecule has 1 aromatic carbocycles. The molecule has 2 N–H and O–H groups in total. The molecule has 1 fully saturated rings. The normalized spacial score (nSPS) is 22.5. The number of ether oxygens (including phenoxy) is 1. The van der Waals surface area contributed by atoms with Crippen LogP contribution in [-0.2, 0) is 9.59 Å². The Morgan fingerprint density at radius 2 is 2.19 bits per heavy atom. The number of allylic oxidation sites excluding steroid dienone is 2. The molecular weight excluding hydrogens is 521 g/mol. The van der Waals surface area contributed by atoms with E-state index in [1.165, 1.54) is 9.33 Å². The van der Waals surface area contributed by atoms with Crippen molar-refractivity contribution in [2.75, 3.05) is 43.1 Å². The van der Waals surface area contributed by atoms with E-state index in [0.29, 0.717) is 41.5 Å². The van der Waals surface area contributed by atoms with E-state index in [1.807, 2.05) is 32.2 Å². The molecule has 3 aliphatic rings. The first-order valence-electron chi connectivity index (χ1n) is 10.9. The van der Waals surface area contributed by atoms with Crippen LogP contribution in [0.5, 0.6) is 5.75 Å². The minimum absolute atomic E-state index is 0.116. The second kappa shape index (κ2) is 9.66. The fourth-order valence-corrected chi connectivity index (χ4v) is 5.94. The molecule has 4 rings (SSSR count). The number of alkyl halides is 2. The zero-order valence-corrected chi connectivity index (χ0v) is 20.8. The zero-order chi connectivity index (χ0) is 22.8. The Labute approximate surface area is 199 Å². The van der Waals surface area contributed by atoms with Crippen LogP contribution in [0.4, 0.5) is 5.69 Å². The second-order valence-electron chi connectivity index (χ2n) is 7.94. The molecule has 172 valence electrons. The van der Waals surface area contributed by atoms with Crippen molar-refractivity contribution in [1.29, 1.82) is 0 Å². The van der Waals surface area contributed by atoms with E-state index < -0.39 is 11.8 Å². The molecule has 1 aliphatic carbocycles. The molecular formula is C24H29IN3O4-. The fraction of sp³-hybridized carbons (Fsp3) is 0.417. The molecule has 1 aromatic rings. The van der Waals surface area contributed by atoms with Crippen molar-refractivity contribution < 1.29 is 40.6 Å². The van der Waals surface area contributed by atoms with Gasteiger partial charge in [0.15, 0.2) is 0 Å². The number of hydrogen-bond acceptors (Lipinski definition) is 5. The van der Waals surface area contributed by atoms with Crippen molar-refractivity contribution in [3.8, 4) is 5.75 Å². The molecule has 0 spiro atoms.